The van der Waals surface area contributed by atoms with E-state index in [-0.39, 0.29) is 6.04 Å². The van der Waals surface area contributed by atoms with Crippen molar-refractivity contribution >= 4 is 23.5 Å². The first-order valence-corrected chi connectivity index (χ1v) is 9.15. The third-order valence-electron chi connectivity index (χ3n) is 3.66. The molecular weight excluding hydrogens is 292 g/mol. The van der Waals surface area contributed by atoms with Crippen LogP contribution in [0.25, 0.3) is 0 Å². The van der Waals surface area contributed by atoms with Gasteiger partial charge in [-0.2, -0.15) is 28.6 Å². The molecule has 114 valence electrons. The van der Waals surface area contributed by atoms with Gasteiger partial charge in [0.25, 0.3) is 0 Å². The van der Waals surface area contributed by atoms with Crippen molar-refractivity contribution in [1.82, 2.24) is 15.2 Å². The second kappa shape index (κ2) is 7.59. The Hall–Kier alpha value is -0.370. The fourth-order valence-corrected chi connectivity index (χ4v) is 5.88. The standard InChI is InChI=1S/C13H24N4OS2/c1-4-10-13(20-7-6-19-10)11(16-14)12-9(18-3)8-15-17(12)5-2/h8,10-11,13,16H,4-7,14H2,1-3H3. The van der Waals surface area contributed by atoms with E-state index < -0.39 is 0 Å². The molecule has 20 heavy (non-hydrogen) atoms. The predicted molar refractivity (Wildman–Crippen MR) is 87.3 cm³/mol. The SMILES string of the molecule is CCC1SCCSC1C(NN)c1c(OC)cnn1CC. The molecule has 1 aromatic heterocycles. The molecule has 3 N–H and O–H groups in total. The van der Waals surface area contributed by atoms with Crippen molar-refractivity contribution in [3.8, 4) is 5.75 Å². The van der Waals surface area contributed by atoms with E-state index in [0.717, 1.165) is 24.4 Å². The van der Waals surface area contributed by atoms with Gasteiger partial charge in [0.2, 0.25) is 0 Å². The summed E-state index contributed by atoms with van der Waals surface area (Å²) in [4.78, 5) is 0. The van der Waals surface area contributed by atoms with Crippen molar-refractivity contribution in [3.63, 3.8) is 0 Å². The van der Waals surface area contributed by atoms with Crippen LogP contribution in [0.2, 0.25) is 0 Å². The number of nitrogens with one attached hydrogen (secondary N) is 1. The van der Waals surface area contributed by atoms with Gasteiger partial charge in [0.1, 0.15) is 0 Å². The summed E-state index contributed by atoms with van der Waals surface area (Å²) >= 11 is 4.06. The molecule has 3 atom stereocenters. The minimum absolute atomic E-state index is 0.0650. The van der Waals surface area contributed by atoms with E-state index in [1.165, 1.54) is 11.5 Å². The molecule has 2 heterocycles. The van der Waals surface area contributed by atoms with E-state index in [4.69, 9.17) is 10.6 Å². The zero-order valence-corrected chi connectivity index (χ0v) is 14.0. The van der Waals surface area contributed by atoms with Crippen LogP contribution >= 0.6 is 23.5 Å². The third kappa shape index (κ3) is 3.10. The summed E-state index contributed by atoms with van der Waals surface area (Å²) in [5, 5.41) is 5.46. The van der Waals surface area contributed by atoms with Crippen LogP contribution in [0.15, 0.2) is 6.20 Å². The number of nitrogens with zero attached hydrogens (tertiary/aromatic N) is 2. The molecule has 1 aliphatic rings. The highest BCUT2D eigenvalue weighted by atomic mass is 32.2. The number of hydrogen-bond donors (Lipinski definition) is 2. The number of rotatable bonds is 6. The van der Waals surface area contributed by atoms with E-state index in [1.807, 2.05) is 16.4 Å². The highest BCUT2D eigenvalue weighted by molar-refractivity contribution is 8.07. The Morgan fingerprint density at radius 2 is 2.25 bits per heavy atom. The second-order valence-electron chi connectivity index (χ2n) is 4.71. The van der Waals surface area contributed by atoms with Crippen LogP contribution in [0.3, 0.4) is 0 Å². The maximum absolute atomic E-state index is 5.89. The van der Waals surface area contributed by atoms with E-state index >= 15 is 0 Å². The van der Waals surface area contributed by atoms with E-state index in [2.05, 4.69) is 36.1 Å². The Labute approximate surface area is 129 Å². The van der Waals surface area contributed by atoms with Crippen LogP contribution in [0, 0.1) is 0 Å². The average molecular weight is 316 g/mol. The Kier molecular flexibility index (Phi) is 6.07. The van der Waals surface area contributed by atoms with Gasteiger partial charge in [-0.25, -0.2) is 0 Å². The highest BCUT2D eigenvalue weighted by Crippen LogP contribution is 2.41. The molecule has 1 fully saturated rings. The van der Waals surface area contributed by atoms with Crippen LogP contribution < -0.4 is 16.0 Å². The van der Waals surface area contributed by atoms with E-state index in [1.54, 1.807) is 13.3 Å². The van der Waals surface area contributed by atoms with Crippen LogP contribution in [-0.4, -0.2) is 38.9 Å². The number of methoxy groups -OCH3 is 1. The Bertz CT molecular complexity index is 405. The van der Waals surface area contributed by atoms with Crippen LogP contribution in [0.5, 0.6) is 5.75 Å². The van der Waals surface area contributed by atoms with Crippen molar-refractivity contribution in [2.24, 2.45) is 5.84 Å². The monoisotopic (exact) mass is 316 g/mol. The van der Waals surface area contributed by atoms with Crippen LogP contribution in [-0.2, 0) is 6.54 Å². The van der Waals surface area contributed by atoms with Crippen molar-refractivity contribution in [1.29, 1.82) is 0 Å². The topological polar surface area (TPSA) is 65.1 Å². The van der Waals surface area contributed by atoms with E-state index in [0.29, 0.717) is 10.5 Å². The smallest absolute Gasteiger partial charge is 0.161 e. The summed E-state index contributed by atoms with van der Waals surface area (Å²) in [7, 11) is 1.69. The molecule has 0 bridgehead atoms. The molecule has 0 radical (unpaired) electrons. The average Bonchev–Trinajstić information content (AvgIpc) is 2.91. The highest BCUT2D eigenvalue weighted by Gasteiger charge is 2.35. The molecule has 0 saturated carbocycles. The number of aryl methyl sites for hydroxylation is 1. The molecule has 3 unspecified atom stereocenters. The van der Waals surface area contributed by atoms with Crippen LogP contribution in [0.4, 0.5) is 0 Å². The first kappa shape index (κ1) is 16.0. The minimum atomic E-state index is 0.0650. The lowest BCUT2D eigenvalue weighted by atomic mass is 10.1. The zero-order valence-electron chi connectivity index (χ0n) is 12.3. The van der Waals surface area contributed by atoms with Gasteiger partial charge in [0.05, 0.1) is 25.0 Å². The number of nitrogens with two attached hydrogens (primary N) is 1. The summed E-state index contributed by atoms with van der Waals surface area (Å²) < 4.78 is 7.46. The van der Waals surface area contributed by atoms with Gasteiger partial charge < -0.3 is 4.74 Å². The predicted octanol–water partition coefficient (Wildman–Crippen LogP) is 2.04. The van der Waals surface area contributed by atoms with Crippen LogP contribution in [0.1, 0.15) is 32.0 Å². The minimum Gasteiger partial charge on any atom is -0.493 e. The number of aromatic nitrogens is 2. The summed E-state index contributed by atoms with van der Waals surface area (Å²) in [5.41, 5.74) is 4.08. The largest absolute Gasteiger partial charge is 0.493 e. The van der Waals surface area contributed by atoms with Crippen molar-refractivity contribution in [2.45, 2.75) is 43.4 Å². The zero-order chi connectivity index (χ0) is 14.5. The number of ether oxygens (including phenoxy) is 1. The molecule has 5 nitrogen and oxygen atoms in total. The Morgan fingerprint density at radius 1 is 1.50 bits per heavy atom. The van der Waals surface area contributed by atoms with Gasteiger partial charge in [0.15, 0.2) is 5.75 Å². The number of thioether (sulfide) groups is 2. The molecule has 7 heteroatoms. The molecule has 1 saturated heterocycles. The van der Waals surface area contributed by atoms with Gasteiger partial charge >= 0.3 is 0 Å². The summed E-state index contributed by atoms with van der Waals surface area (Å²) in [6.07, 6.45) is 2.94. The van der Waals surface area contributed by atoms with Gasteiger partial charge in [-0.05, 0) is 13.3 Å². The lowest BCUT2D eigenvalue weighted by Gasteiger charge is -2.35. The number of hydrazine groups is 1. The third-order valence-corrected chi connectivity index (χ3v) is 7.01. The van der Waals surface area contributed by atoms with Crippen molar-refractivity contribution < 1.29 is 4.74 Å². The molecule has 1 aliphatic heterocycles. The molecule has 2 rings (SSSR count). The Balaban J connectivity index is 2.33. The number of hydrogen-bond acceptors (Lipinski definition) is 6. The molecule has 0 aromatic carbocycles. The summed E-state index contributed by atoms with van der Waals surface area (Å²) in [6, 6.07) is 0.0650. The fourth-order valence-electron chi connectivity index (χ4n) is 2.68. The summed E-state index contributed by atoms with van der Waals surface area (Å²) in [5.74, 6) is 9.11. The van der Waals surface area contributed by atoms with Gasteiger partial charge in [-0.15, -0.1) is 0 Å². The van der Waals surface area contributed by atoms with E-state index in [9.17, 15) is 0 Å². The molecule has 0 spiro atoms. The second-order valence-corrected chi connectivity index (χ2v) is 7.34. The first-order chi connectivity index (χ1) is 9.76. The molecular formula is C13H24N4OS2. The van der Waals surface area contributed by atoms with Gasteiger partial charge in [-0.1, -0.05) is 6.92 Å². The quantitative estimate of drug-likeness (QED) is 0.618. The maximum atomic E-state index is 5.89. The Morgan fingerprint density at radius 3 is 2.85 bits per heavy atom. The van der Waals surface area contributed by atoms with Crippen molar-refractivity contribution in [3.05, 3.63) is 11.9 Å². The fraction of sp³-hybridized carbons (Fsp3) is 0.769. The normalized spacial score (nSPS) is 24.6. The van der Waals surface area contributed by atoms with Gasteiger partial charge in [-0.3, -0.25) is 16.0 Å². The molecule has 0 amide bonds. The lowest BCUT2D eigenvalue weighted by molar-refractivity contribution is 0.387. The molecule has 0 aliphatic carbocycles. The van der Waals surface area contributed by atoms with Gasteiger partial charge in [0, 0.05) is 28.6 Å². The van der Waals surface area contributed by atoms with Crippen molar-refractivity contribution in [2.75, 3.05) is 18.6 Å². The molecule has 1 aromatic rings. The summed E-state index contributed by atoms with van der Waals surface area (Å²) in [6.45, 7) is 5.15. The maximum Gasteiger partial charge on any atom is 0.161 e. The first-order valence-electron chi connectivity index (χ1n) is 7.05. The lowest BCUT2D eigenvalue weighted by Crippen LogP contribution is -2.42.